The summed E-state index contributed by atoms with van der Waals surface area (Å²) in [5.41, 5.74) is 2.12. The molecule has 0 aliphatic rings. The summed E-state index contributed by atoms with van der Waals surface area (Å²) >= 11 is 9.55. The molecule has 1 aromatic carbocycles. The lowest BCUT2D eigenvalue weighted by molar-refractivity contribution is 0.112. The van der Waals surface area contributed by atoms with Crippen LogP contribution in [-0.2, 0) is 13.7 Å². The number of methoxy groups -OCH3 is 1. The maximum absolute atomic E-state index is 10.9. The van der Waals surface area contributed by atoms with E-state index in [4.69, 9.17) is 21.1 Å². The minimum Gasteiger partial charge on any atom is -0.493 e. The van der Waals surface area contributed by atoms with Gasteiger partial charge < -0.3 is 9.47 Å². The van der Waals surface area contributed by atoms with Gasteiger partial charge in [-0.3, -0.25) is 9.48 Å². The lowest BCUT2D eigenvalue weighted by Crippen LogP contribution is -2.00. The Bertz CT molecular complexity index is 685. The largest absolute Gasteiger partial charge is 0.493 e. The third-order valence-electron chi connectivity index (χ3n) is 3.02. The van der Waals surface area contributed by atoms with E-state index in [1.54, 1.807) is 23.9 Å². The lowest BCUT2D eigenvalue weighted by atomic mass is 10.2. The number of benzene rings is 1. The predicted molar refractivity (Wildman–Crippen MR) is 83.4 cm³/mol. The van der Waals surface area contributed by atoms with Gasteiger partial charge in [0.05, 0.1) is 17.3 Å². The van der Waals surface area contributed by atoms with Gasteiger partial charge in [0.1, 0.15) is 18.0 Å². The molecule has 0 atom stereocenters. The van der Waals surface area contributed by atoms with E-state index in [0.29, 0.717) is 26.7 Å². The van der Waals surface area contributed by atoms with Gasteiger partial charge in [-0.15, -0.1) is 0 Å². The van der Waals surface area contributed by atoms with Crippen LogP contribution in [0.3, 0.4) is 0 Å². The fraction of sp³-hybridized carbons (Fsp3) is 0.286. The molecule has 0 aliphatic carbocycles. The maximum atomic E-state index is 10.9. The second-order valence-corrected chi connectivity index (χ2v) is 5.63. The molecule has 0 bridgehead atoms. The standard InChI is InChI=1S/C14H14BrClN2O3/c1-8-10(14(16)18(2)17-8)7-21-13-11(15)4-9(6-19)5-12(13)20-3/h4-6H,7H2,1-3H3. The third-order valence-corrected chi connectivity index (χ3v) is 4.08. The first-order valence-electron chi connectivity index (χ1n) is 6.11. The number of rotatable bonds is 5. The van der Waals surface area contributed by atoms with Gasteiger partial charge in [0, 0.05) is 18.2 Å². The quantitative estimate of drug-likeness (QED) is 0.752. The maximum Gasteiger partial charge on any atom is 0.175 e. The van der Waals surface area contributed by atoms with E-state index in [-0.39, 0.29) is 6.61 Å². The van der Waals surface area contributed by atoms with Crippen molar-refractivity contribution in [2.75, 3.05) is 7.11 Å². The second-order valence-electron chi connectivity index (χ2n) is 4.42. The average Bonchev–Trinajstić information content (AvgIpc) is 2.70. The Morgan fingerprint density at radius 1 is 1.48 bits per heavy atom. The van der Waals surface area contributed by atoms with Crippen molar-refractivity contribution in [1.82, 2.24) is 9.78 Å². The molecule has 2 rings (SSSR count). The van der Waals surface area contributed by atoms with Crippen LogP contribution in [0.2, 0.25) is 5.15 Å². The molecule has 0 spiro atoms. The van der Waals surface area contributed by atoms with Gasteiger partial charge in [0.25, 0.3) is 0 Å². The van der Waals surface area contributed by atoms with Gasteiger partial charge in [-0.05, 0) is 35.0 Å². The predicted octanol–water partition coefficient (Wildman–Crippen LogP) is 3.54. The highest BCUT2D eigenvalue weighted by molar-refractivity contribution is 9.10. The van der Waals surface area contributed by atoms with Crippen LogP contribution in [-0.4, -0.2) is 23.2 Å². The van der Waals surface area contributed by atoms with Crippen LogP contribution in [0.15, 0.2) is 16.6 Å². The second kappa shape index (κ2) is 6.49. The summed E-state index contributed by atoms with van der Waals surface area (Å²) in [6.45, 7) is 2.13. The smallest absolute Gasteiger partial charge is 0.175 e. The third kappa shape index (κ3) is 3.22. The van der Waals surface area contributed by atoms with E-state index >= 15 is 0 Å². The van der Waals surface area contributed by atoms with Crippen molar-refractivity contribution in [1.29, 1.82) is 0 Å². The van der Waals surface area contributed by atoms with Crippen molar-refractivity contribution in [3.63, 3.8) is 0 Å². The monoisotopic (exact) mass is 372 g/mol. The number of hydrogen-bond donors (Lipinski definition) is 0. The number of carbonyl (C=O) groups excluding carboxylic acids is 1. The Balaban J connectivity index is 2.29. The van der Waals surface area contributed by atoms with Crippen LogP contribution < -0.4 is 9.47 Å². The molecule has 0 aliphatic heterocycles. The molecule has 0 fully saturated rings. The summed E-state index contributed by atoms with van der Waals surface area (Å²) < 4.78 is 13.3. The number of aromatic nitrogens is 2. The first kappa shape index (κ1) is 15.9. The molecule has 2 aromatic rings. The fourth-order valence-electron chi connectivity index (χ4n) is 1.93. The summed E-state index contributed by atoms with van der Waals surface area (Å²) in [5, 5.41) is 4.77. The van der Waals surface area contributed by atoms with Gasteiger partial charge in [-0.25, -0.2) is 0 Å². The Morgan fingerprint density at radius 2 is 2.19 bits per heavy atom. The highest BCUT2D eigenvalue weighted by atomic mass is 79.9. The molecule has 1 heterocycles. The van der Waals surface area contributed by atoms with Crippen LogP contribution in [0.1, 0.15) is 21.6 Å². The van der Waals surface area contributed by atoms with Crippen molar-refractivity contribution >= 4 is 33.8 Å². The zero-order valence-corrected chi connectivity index (χ0v) is 14.2. The van der Waals surface area contributed by atoms with Crippen molar-refractivity contribution in [2.24, 2.45) is 7.05 Å². The van der Waals surface area contributed by atoms with Crippen molar-refractivity contribution < 1.29 is 14.3 Å². The molecule has 0 saturated carbocycles. The summed E-state index contributed by atoms with van der Waals surface area (Å²) in [6, 6.07) is 3.29. The molecule has 0 amide bonds. The molecule has 0 N–H and O–H groups in total. The topological polar surface area (TPSA) is 53.4 Å². The zero-order chi connectivity index (χ0) is 15.6. The Morgan fingerprint density at radius 3 is 2.71 bits per heavy atom. The van der Waals surface area contributed by atoms with Crippen LogP contribution in [0.25, 0.3) is 0 Å². The van der Waals surface area contributed by atoms with Crippen LogP contribution in [0, 0.1) is 6.92 Å². The zero-order valence-electron chi connectivity index (χ0n) is 11.8. The van der Waals surface area contributed by atoms with E-state index in [1.807, 2.05) is 6.92 Å². The van der Waals surface area contributed by atoms with Crippen LogP contribution >= 0.6 is 27.5 Å². The number of halogens is 2. The van der Waals surface area contributed by atoms with Crippen LogP contribution in [0.5, 0.6) is 11.5 Å². The molecule has 0 unspecified atom stereocenters. The Kier molecular flexibility index (Phi) is 4.90. The van der Waals surface area contributed by atoms with Gasteiger partial charge >= 0.3 is 0 Å². The minimum atomic E-state index is 0.258. The first-order chi connectivity index (χ1) is 9.97. The summed E-state index contributed by atoms with van der Waals surface area (Å²) in [6.07, 6.45) is 0.749. The highest BCUT2D eigenvalue weighted by Crippen LogP contribution is 2.37. The van der Waals surface area contributed by atoms with E-state index in [2.05, 4.69) is 21.0 Å². The number of nitrogens with zero attached hydrogens (tertiary/aromatic N) is 2. The van der Waals surface area contributed by atoms with Crippen molar-refractivity contribution in [3.05, 3.63) is 38.6 Å². The summed E-state index contributed by atoms with van der Waals surface area (Å²) in [5.74, 6) is 0.992. The first-order valence-corrected chi connectivity index (χ1v) is 7.28. The Labute approximate surface area is 135 Å². The van der Waals surface area contributed by atoms with Gasteiger partial charge in [0.2, 0.25) is 0 Å². The summed E-state index contributed by atoms with van der Waals surface area (Å²) in [7, 11) is 3.29. The molecule has 7 heteroatoms. The van der Waals surface area contributed by atoms with Gasteiger partial charge in [-0.1, -0.05) is 11.6 Å². The normalized spacial score (nSPS) is 10.5. The molecule has 0 radical (unpaired) electrons. The fourth-order valence-corrected chi connectivity index (χ4v) is 2.73. The van der Waals surface area contributed by atoms with E-state index in [0.717, 1.165) is 17.5 Å². The minimum absolute atomic E-state index is 0.258. The Hall–Kier alpha value is -1.53. The number of aldehydes is 1. The SMILES string of the molecule is COc1cc(C=O)cc(Br)c1OCc1c(C)nn(C)c1Cl. The van der Waals surface area contributed by atoms with E-state index in [1.165, 1.54) is 7.11 Å². The molecule has 112 valence electrons. The molecular formula is C14H14BrClN2O3. The van der Waals surface area contributed by atoms with E-state index in [9.17, 15) is 4.79 Å². The molecule has 0 saturated heterocycles. The molecule has 5 nitrogen and oxygen atoms in total. The van der Waals surface area contributed by atoms with Crippen molar-refractivity contribution in [3.8, 4) is 11.5 Å². The summed E-state index contributed by atoms with van der Waals surface area (Å²) in [4.78, 5) is 10.9. The lowest BCUT2D eigenvalue weighted by Gasteiger charge is -2.13. The molecule has 1 aromatic heterocycles. The highest BCUT2D eigenvalue weighted by Gasteiger charge is 2.16. The van der Waals surface area contributed by atoms with Gasteiger partial charge in [-0.2, -0.15) is 5.10 Å². The van der Waals surface area contributed by atoms with Crippen LogP contribution in [0.4, 0.5) is 0 Å². The number of aryl methyl sites for hydroxylation is 2. The molecular weight excluding hydrogens is 360 g/mol. The number of ether oxygens (including phenoxy) is 2. The number of carbonyl (C=O) groups is 1. The van der Waals surface area contributed by atoms with Crippen molar-refractivity contribution in [2.45, 2.75) is 13.5 Å². The van der Waals surface area contributed by atoms with E-state index < -0.39 is 0 Å². The molecule has 21 heavy (non-hydrogen) atoms. The number of hydrogen-bond acceptors (Lipinski definition) is 4. The average molecular weight is 374 g/mol. The van der Waals surface area contributed by atoms with Gasteiger partial charge in [0.15, 0.2) is 11.5 Å².